The fourth-order valence-corrected chi connectivity index (χ4v) is 11.1. The molecule has 0 saturated carbocycles. The number of fused-ring (bicyclic) bond motifs is 10. The number of benzene rings is 9. The van der Waals surface area contributed by atoms with Crippen molar-refractivity contribution in [1.82, 2.24) is 15.0 Å². The van der Waals surface area contributed by atoms with Crippen LogP contribution in [0.2, 0.25) is 0 Å². The van der Waals surface area contributed by atoms with Crippen molar-refractivity contribution < 1.29 is 0 Å². The fourth-order valence-electron chi connectivity index (χ4n) is 11.1. The quantitative estimate of drug-likeness (QED) is 0.160. The Hall–Kier alpha value is -8.53. The first-order valence-electron chi connectivity index (χ1n) is 23.2. The summed E-state index contributed by atoms with van der Waals surface area (Å²) in [5.74, 6) is 2.04. The monoisotopic (exact) mass is 853 g/mol. The molecule has 0 fully saturated rings. The third-order valence-corrected chi connectivity index (χ3v) is 14.1. The first-order chi connectivity index (χ1) is 33.2. The second-order valence-corrected chi connectivity index (χ2v) is 17.9. The van der Waals surface area contributed by atoms with E-state index in [1.54, 1.807) is 0 Å². The third-order valence-electron chi connectivity index (χ3n) is 14.1. The van der Waals surface area contributed by atoms with Gasteiger partial charge in [-0.3, -0.25) is 0 Å². The third kappa shape index (κ3) is 6.46. The van der Waals surface area contributed by atoms with E-state index in [9.17, 15) is 0 Å². The van der Waals surface area contributed by atoms with Gasteiger partial charge in [-0.05, 0) is 120 Å². The van der Waals surface area contributed by atoms with Gasteiger partial charge in [0.25, 0.3) is 0 Å². The van der Waals surface area contributed by atoms with Gasteiger partial charge in [-0.2, -0.15) is 0 Å². The predicted octanol–water partition coefficient (Wildman–Crippen LogP) is 15.5. The Labute approximate surface area is 391 Å². The van der Waals surface area contributed by atoms with Crippen molar-refractivity contribution >= 4 is 11.1 Å². The molecule has 0 amide bonds. The van der Waals surface area contributed by atoms with Crippen molar-refractivity contribution in [2.24, 2.45) is 0 Å². The summed E-state index contributed by atoms with van der Waals surface area (Å²) in [5, 5.41) is 0. The second-order valence-electron chi connectivity index (χ2n) is 17.9. The highest BCUT2D eigenvalue weighted by Gasteiger charge is 2.51. The molecule has 3 heteroatoms. The molecule has 1 spiro atoms. The van der Waals surface area contributed by atoms with Crippen molar-refractivity contribution in [2.45, 2.75) is 17.8 Å². The van der Waals surface area contributed by atoms with Gasteiger partial charge in [0.15, 0.2) is 17.5 Å². The van der Waals surface area contributed by atoms with Crippen LogP contribution >= 0.6 is 0 Å². The number of nitrogens with zero attached hydrogens (tertiary/aromatic N) is 3. The van der Waals surface area contributed by atoms with Crippen molar-refractivity contribution in [1.29, 1.82) is 0 Å². The molecule has 9 aromatic carbocycles. The first kappa shape index (κ1) is 38.9. The first-order valence-corrected chi connectivity index (χ1v) is 23.2. The largest absolute Gasteiger partial charge is 0.208 e. The lowest BCUT2D eigenvalue weighted by molar-refractivity contribution is 0.794. The number of aromatic nitrogens is 3. The topological polar surface area (TPSA) is 38.7 Å². The van der Waals surface area contributed by atoms with E-state index in [0.717, 1.165) is 45.4 Å². The van der Waals surface area contributed by atoms with Gasteiger partial charge in [-0.15, -0.1) is 0 Å². The molecule has 10 aromatic rings. The molecule has 0 saturated heterocycles. The fraction of sp³-hybridized carbons (Fsp3) is 0.0469. The highest BCUT2D eigenvalue weighted by atomic mass is 15.0. The van der Waals surface area contributed by atoms with E-state index in [0.29, 0.717) is 17.5 Å². The van der Waals surface area contributed by atoms with E-state index in [1.165, 1.54) is 61.2 Å². The smallest absolute Gasteiger partial charge is 0.164 e. The summed E-state index contributed by atoms with van der Waals surface area (Å²) < 4.78 is 0. The molecule has 1 heterocycles. The number of hydrogen-bond donors (Lipinski definition) is 0. The van der Waals surface area contributed by atoms with Crippen LogP contribution in [-0.2, 0) is 5.41 Å². The molecule has 1 aromatic heterocycles. The Bertz CT molecular complexity index is 3470. The summed E-state index contributed by atoms with van der Waals surface area (Å²) in [6, 6.07) is 83.2. The van der Waals surface area contributed by atoms with Crippen LogP contribution in [0.3, 0.4) is 0 Å². The maximum absolute atomic E-state index is 5.51. The molecule has 314 valence electrons. The summed E-state index contributed by atoms with van der Waals surface area (Å²) in [4.78, 5) is 16.5. The zero-order valence-corrected chi connectivity index (χ0v) is 36.7. The van der Waals surface area contributed by atoms with Crippen LogP contribution in [-0.4, -0.2) is 15.0 Å². The normalized spacial score (nSPS) is 15.0. The molecule has 0 N–H and O–H groups in total. The standard InChI is InChI=1S/C64H43N3/c1-5-19-42(20-6-1)47-35-48(43-21-7-2-8-22-43)38-51(37-47)62-65-61(66-63(67-62)52-39-49(44-23-9-3-10-24-44)36-50(40-52)45-25-11-4-12-26-45)46-33-34-56-55-29-15-18-32-59(55)64(60(56)41-46)57-30-16-13-27-53(57)54-28-14-17-31-58(54)64/h1-35,37-41,49H,36H2. The lowest BCUT2D eigenvalue weighted by Gasteiger charge is -2.30. The van der Waals surface area contributed by atoms with Gasteiger partial charge >= 0.3 is 0 Å². The SMILES string of the molecule is C1=C(c2ccccc2)CC(c2ccccc2)C=C1c1nc(-c2cc(-c3ccccc3)cc(-c3ccccc3)c2)nc(-c2ccc3c(c2)C2(c4ccccc4-c4ccccc42)c2ccccc2-3)n1. The van der Waals surface area contributed by atoms with E-state index < -0.39 is 5.41 Å². The zero-order chi connectivity index (χ0) is 44.3. The van der Waals surface area contributed by atoms with Crippen LogP contribution in [0.4, 0.5) is 0 Å². The van der Waals surface area contributed by atoms with Crippen LogP contribution in [0.1, 0.15) is 51.5 Å². The van der Waals surface area contributed by atoms with Crippen molar-refractivity contribution in [3.8, 4) is 67.3 Å². The summed E-state index contributed by atoms with van der Waals surface area (Å²) in [6.45, 7) is 0. The molecule has 3 nitrogen and oxygen atoms in total. The maximum Gasteiger partial charge on any atom is 0.164 e. The van der Waals surface area contributed by atoms with Gasteiger partial charge < -0.3 is 0 Å². The van der Waals surface area contributed by atoms with Gasteiger partial charge in [0, 0.05) is 22.6 Å². The van der Waals surface area contributed by atoms with Gasteiger partial charge in [0.2, 0.25) is 0 Å². The van der Waals surface area contributed by atoms with E-state index >= 15 is 0 Å². The van der Waals surface area contributed by atoms with E-state index in [4.69, 9.17) is 15.0 Å². The molecular formula is C64H43N3. The summed E-state index contributed by atoms with van der Waals surface area (Å²) in [7, 11) is 0. The average molecular weight is 854 g/mol. The minimum absolute atomic E-state index is 0.132. The van der Waals surface area contributed by atoms with Gasteiger partial charge in [0.05, 0.1) is 5.41 Å². The highest BCUT2D eigenvalue weighted by molar-refractivity contribution is 5.96. The number of rotatable bonds is 7. The molecule has 67 heavy (non-hydrogen) atoms. The Balaban J connectivity index is 1.06. The summed E-state index contributed by atoms with van der Waals surface area (Å²) in [5.41, 5.74) is 20.8. The summed E-state index contributed by atoms with van der Waals surface area (Å²) in [6.07, 6.45) is 5.54. The van der Waals surface area contributed by atoms with Crippen LogP contribution in [0.15, 0.2) is 243 Å². The van der Waals surface area contributed by atoms with Crippen LogP contribution in [0, 0.1) is 0 Å². The molecule has 0 aliphatic heterocycles. The Morgan fingerprint density at radius 2 is 0.761 bits per heavy atom. The summed E-state index contributed by atoms with van der Waals surface area (Å²) >= 11 is 0. The Morgan fingerprint density at radius 1 is 0.328 bits per heavy atom. The van der Waals surface area contributed by atoms with E-state index in [2.05, 4.69) is 243 Å². The number of hydrogen-bond acceptors (Lipinski definition) is 3. The second kappa shape index (κ2) is 15.9. The zero-order valence-electron chi connectivity index (χ0n) is 36.7. The number of allylic oxidation sites excluding steroid dienone is 4. The molecule has 13 rings (SSSR count). The van der Waals surface area contributed by atoms with Gasteiger partial charge in [-0.25, -0.2) is 15.0 Å². The lowest BCUT2D eigenvalue weighted by Crippen LogP contribution is -2.25. The van der Waals surface area contributed by atoms with Crippen LogP contribution < -0.4 is 0 Å². The Morgan fingerprint density at radius 3 is 1.31 bits per heavy atom. The van der Waals surface area contributed by atoms with E-state index in [1.807, 2.05) is 0 Å². The predicted molar refractivity (Wildman–Crippen MR) is 274 cm³/mol. The molecule has 3 aliphatic carbocycles. The van der Waals surface area contributed by atoms with Crippen LogP contribution in [0.5, 0.6) is 0 Å². The van der Waals surface area contributed by atoms with Crippen molar-refractivity contribution in [3.63, 3.8) is 0 Å². The lowest BCUT2D eigenvalue weighted by atomic mass is 9.70. The molecule has 1 atom stereocenters. The molecule has 0 bridgehead atoms. The molecule has 1 unspecified atom stereocenters. The van der Waals surface area contributed by atoms with Crippen molar-refractivity contribution in [3.05, 3.63) is 282 Å². The highest BCUT2D eigenvalue weighted by Crippen LogP contribution is 2.63. The minimum Gasteiger partial charge on any atom is -0.208 e. The minimum atomic E-state index is -0.495. The molecular weight excluding hydrogens is 811 g/mol. The van der Waals surface area contributed by atoms with Crippen LogP contribution in [0.25, 0.3) is 78.4 Å². The molecule has 3 aliphatic rings. The maximum atomic E-state index is 5.51. The average Bonchev–Trinajstić information content (AvgIpc) is 3.88. The van der Waals surface area contributed by atoms with Gasteiger partial charge in [-0.1, -0.05) is 212 Å². The van der Waals surface area contributed by atoms with Gasteiger partial charge in [0.1, 0.15) is 0 Å². The molecule has 0 radical (unpaired) electrons. The Kier molecular flexibility index (Phi) is 9.21. The van der Waals surface area contributed by atoms with E-state index in [-0.39, 0.29) is 5.92 Å². The van der Waals surface area contributed by atoms with Crippen molar-refractivity contribution in [2.75, 3.05) is 0 Å².